The number of nitrogens with zero attached hydrogens (tertiary/aromatic N) is 2. The highest BCUT2D eigenvalue weighted by atomic mass is 35.5. The predicted octanol–water partition coefficient (Wildman–Crippen LogP) is 5.02. The fraction of sp³-hybridized carbons (Fsp3) is 0.625. The van der Waals surface area contributed by atoms with Gasteiger partial charge in [-0.1, -0.05) is 11.6 Å². The van der Waals surface area contributed by atoms with Crippen molar-refractivity contribution in [2.45, 2.75) is 96.1 Å². The lowest BCUT2D eigenvalue weighted by Gasteiger charge is -2.47. The molecule has 1 N–H and O–H groups in total. The molecule has 1 aromatic carbocycles. The number of pyridine rings is 1. The van der Waals surface area contributed by atoms with Crippen molar-refractivity contribution < 1.29 is 19.0 Å². The number of hydrogen-bond donors (Lipinski definition) is 1. The monoisotopic (exact) mass is 581 g/mol. The van der Waals surface area contributed by atoms with Gasteiger partial charge in [-0.2, -0.15) is 0 Å². The van der Waals surface area contributed by atoms with Gasteiger partial charge in [0.2, 0.25) is 0 Å². The van der Waals surface area contributed by atoms with E-state index in [1.165, 1.54) is 0 Å². The summed E-state index contributed by atoms with van der Waals surface area (Å²) in [6, 6.07) is 2.55. The Hall–Kier alpha value is -2.55. The number of hydrogen-bond acceptors (Lipinski definition) is 6. The first-order valence-corrected chi connectivity index (χ1v) is 15.4. The maximum atomic E-state index is 14.1. The number of halogens is 1. The van der Waals surface area contributed by atoms with Gasteiger partial charge in [0.25, 0.3) is 17.3 Å². The summed E-state index contributed by atoms with van der Waals surface area (Å²) in [4.78, 5) is 34.2. The van der Waals surface area contributed by atoms with Gasteiger partial charge in [0.05, 0.1) is 23.2 Å². The molecular weight excluding hydrogens is 542 g/mol. The number of carbonyl (C=O) groups is 1. The minimum atomic E-state index is -0.818. The highest BCUT2D eigenvalue weighted by Gasteiger charge is 2.56. The van der Waals surface area contributed by atoms with Crippen LogP contribution < -0.4 is 15.0 Å². The number of amides is 1. The fourth-order valence-corrected chi connectivity index (χ4v) is 8.30. The molecule has 9 heteroatoms. The smallest absolute Gasteiger partial charge is 0.254 e. The number of likely N-dealkylation sites (tertiary alicyclic amines) is 1. The summed E-state index contributed by atoms with van der Waals surface area (Å²) in [5.41, 5.74) is 4.33. The van der Waals surface area contributed by atoms with E-state index in [9.17, 15) is 9.59 Å². The zero-order chi connectivity index (χ0) is 28.8. The molecule has 1 spiro atoms. The second-order valence-corrected chi connectivity index (χ2v) is 13.6. The van der Waals surface area contributed by atoms with Crippen LogP contribution in [0, 0.1) is 26.7 Å². The van der Waals surface area contributed by atoms with E-state index in [-0.39, 0.29) is 29.3 Å². The first-order chi connectivity index (χ1) is 19.5. The molecule has 2 aromatic rings. The second kappa shape index (κ2) is 9.48. The molecule has 2 saturated carbocycles. The molecule has 220 valence electrons. The van der Waals surface area contributed by atoms with E-state index in [0.29, 0.717) is 46.3 Å². The van der Waals surface area contributed by atoms with Crippen molar-refractivity contribution in [3.63, 3.8) is 0 Å². The third-order valence-electron chi connectivity index (χ3n) is 10.6. The van der Waals surface area contributed by atoms with Crippen LogP contribution in [-0.4, -0.2) is 65.4 Å². The second-order valence-electron chi connectivity index (χ2n) is 13.3. The minimum absolute atomic E-state index is 0.0966. The number of aromatic amines is 1. The van der Waals surface area contributed by atoms with E-state index >= 15 is 0 Å². The highest BCUT2D eigenvalue weighted by Crippen LogP contribution is 2.61. The van der Waals surface area contributed by atoms with Gasteiger partial charge >= 0.3 is 0 Å². The van der Waals surface area contributed by atoms with Crippen molar-refractivity contribution in [1.82, 2.24) is 14.8 Å². The van der Waals surface area contributed by atoms with Crippen molar-refractivity contribution in [3.8, 4) is 11.5 Å². The molecule has 3 aliphatic heterocycles. The zero-order valence-corrected chi connectivity index (χ0v) is 25.5. The molecular formula is C32H40ClN3O5. The van der Waals surface area contributed by atoms with E-state index in [4.69, 9.17) is 25.8 Å². The Balaban J connectivity index is 1.16. The van der Waals surface area contributed by atoms with E-state index < -0.39 is 5.79 Å². The standard InChI is InChI=1S/C32H40ClN3O5/c1-17-12-18(2)34-29(37)23(17)15-36-16-32(10-11-32)25-24(30(36)38)19(3)27-28(26(25)33)41-31(4,40-27)20-6-8-21(9-7-20)35-13-22(14-35)39-5/h12,20-22H,6-11,13-16H2,1-5H3,(H,34,37). The molecule has 1 amide bonds. The average molecular weight is 582 g/mol. The number of carbonyl (C=O) groups excluding carboxylic acids is 1. The van der Waals surface area contributed by atoms with Crippen LogP contribution in [0.1, 0.15) is 83.8 Å². The van der Waals surface area contributed by atoms with Gasteiger partial charge in [-0.15, -0.1) is 0 Å². The summed E-state index contributed by atoms with van der Waals surface area (Å²) in [6.45, 7) is 10.7. The number of H-pyrrole nitrogens is 1. The summed E-state index contributed by atoms with van der Waals surface area (Å²) in [5, 5.41) is 0.527. The molecule has 5 aliphatic rings. The number of fused-ring (bicyclic) bond motifs is 3. The van der Waals surface area contributed by atoms with Gasteiger partial charge in [0.1, 0.15) is 0 Å². The van der Waals surface area contributed by atoms with Crippen molar-refractivity contribution in [1.29, 1.82) is 0 Å². The molecule has 1 unspecified atom stereocenters. The first kappa shape index (κ1) is 27.3. The van der Waals surface area contributed by atoms with E-state index in [1.807, 2.05) is 38.7 Å². The van der Waals surface area contributed by atoms with Crippen LogP contribution in [0.25, 0.3) is 0 Å². The van der Waals surface area contributed by atoms with E-state index in [2.05, 4.69) is 9.88 Å². The molecule has 8 nitrogen and oxygen atoms in total. The molecule has 0 bridgehead atoms. The molecule has 41 heavy (non-hydrogen) atoms. The number of nitrogens with one attached hydrogen (secondary N) is 1. The number of rotatable bonds is 5. The van der Waals surface area contributed by atoms with Gasteiger partial charge < -0.3 is 24.1 Å². The van der Waals surface area contributed by atoms with Crippen molar-refractivity contribution in [2.75, 3.05) is 26.7 Å². The quantitative estimate of drug-likeness (QED) is 0.534. The topological polar surface area (TPSA) is 84.1 Å². The van der Waals surface area contributed by atoms with Gasteiger partial charge in [0, 0.05) is 67.9 Å². The number of methoxy groups -OCH3 is 1. The Morgan fingerprint density at radius 1 is 1.07 bits per heavy atom. The fourth-order valence-electron chi connectivity index (χ4n) is 7.88. The lowest BCUT2D eigenvalue weighted by atomic mass is 9.80. The Kier molecular flexibility index (Phi) is 6.31. The lowest BCUT2D eigenvalue weighted by Crippen LogP contribution is -2.57. The zero-order valence-electron chi connectivity index (χ0n) is 24.7. The van der Waals surface area contributed by atoms with Crippen LogP contribution in [0.15, 0.2) is 10.9 Å². The van der Waals surface area contributed by atoms with Crippen LogP contribution in [-0.2, 0) is 16.7 Å². The maximum absolute atomic E-state index is 14.1. The number of ether oxygens (including phenoxy) is 3. The molecule has 1 atom stereocenters. The van der Waals surface area contributed by atoms with E-state index in [1.54, 1.807) is 7.11 Å². The summed E-state index contributed by atoms with van der Waals surface area (Å²) < 4.78 is 18.8. The molecule has 3 fully saturated rings. The molecule has 1 saturated heterocycles. The molecule has 7 rings (SSSR count). The van der Waals surface area contributed by atoms with Gasteiger partial charge in [-0.25, -0.2) is 0 Å². The first-order valence-electron chi connectivity index (χ1n) is 15.0. The predicted molar refractivity (Wildman–Crippen MR) is 156 cm³/mol. The summed E-state index contributed by atoms with van der Waals surface area (Å²) >= 11 is 7.15. The van der Waals surface area contributed by atoms with Crippen LogP contribution in [0.3, 0.4) is 0 Å². The Bertz CT molecular complexity index is 1490. The number of aromatic nitrogens is 1. The van der Waals surface area contributed by atoms with E-state index in [0.717, 1.165) is 74.0 Å². The maximum Gasteiger partial charge on any atom is 0.254 e. The largest absolute Gasteiger partial charge is 0.448 e. The van der Waals surface area contributed by atoms with Crippen LogP contribution in [0.2, 0.25) is 5.02 Å². The molecule has 1 aromatic heterocycles. The number of benzene rings is 1. The highest BCUT2D eigenvalue weighted by molar-refractivity contribution is 6.34. The van der Waals surface area contributed by atoms with Gasteiger partial charge in [0.15, 0.2) is 11.5 Å². The third-order valence-corrected chi connectivity index (χ3v) is 10.9. The lowest BCUT2D eigenvalue weighted by molar-refractivity contribution is -0.130. The summed E-state index contributed by atoms with van der Waals surface area (Å²) in [7, 11) is 1.79. The van der Waals surface area contributed by atoms with Crippen molar-refractivity contribution in [3.05, 3.63) is 55.0 Å². The SMILES string of the molecule is COC1CN(C2CCC(C3(C)Oc4c(C)c5c(c(Cl)c4O3)C3(CC3)CN(Cc3c(C)cc(C)[nH]c3=O)C5=O)CC2)C1. The molecule has 2 aliphatic carbocycles. The van der Waals surface area contributed by atoms with Gasteiger partial charge in [-0.3, -0.25) is 14.5 Å². The minimum Gasteiger partial charge on any atom is -0.448 e. The average Bonchev–Trinajstić information content (AvgIpc) is 3.57. The normalized spacial score (nSPS) is 28.6. The Morgan fingerprint density at radius 3 is 2.39 bits per heavy atom. The van der Waals surface area contributed by atoms with Crippen LogP contribution in [0.5, 0.6) is 11.5 Å². The third kappa shape index (κ3) is 4.23. The summed E-state index contributed by atoms with van der Waals surface area (Å²) in [6.07, 6.45) is 6.52. The van der Waals surface area contributed by atoms with Gasteiger partial charge in [-0.05, 0) is 76.5 Å². The van der Waals surface area contributed by atoms with Crippen molar-refractivity contribution >= 4 is 17.5 Å². The molecule has 4 heterocycles. The summed E-state index contributed by atoms with van der Waals surface area (Å²) in [5.74, 6) is 0.509. The van der Waals surface area contributed by atoms with Crippen molar-refractivity contribution in [2.24, 2.45) is 5.92 Å². The Labute approximate surface area is 246 Å². The molecule has 0 radical (unpaired) electrons. The Morgan fingerprint density at radius 2 is 1.76 bits per heavy atom. The van der Waals surface area contributed by atoms with Crippen LogP contribution in [0.4, 0.5) is 0 Å². The number of aryl methyl sites for hydroxylation is 2. The van der Waals surface area contributed by atoms with Crippen LogP contribution >= 0.6 is 11.6 Å².